The van der Waals surface area contributed by atoms with E-state index in [4.69, 9.17) is 4.74 Å². The summed E-state index contributed by atoms with van der Waals surface area (Å²) in [6.45, 7) is 7.30. The van der Waals surface area contributed by atoms with Crippen molar-refractivity contribution in [3.63, 3.8) is 0 Å². The molecule has 6 heteroatoms. The van der Waals surface area contributed by atoms with Crippen molar-refractivity contribution >= 4 is 11.9 Å². The molecule has 2 rings (SSSR count). The number of benzene rings is 2. The molecular formula is C21H26N2O4. The fraction of sp³-hybridized carbons (Fsp3) is 0.333. The van der Waals surface area contributed by atoms with Gasteiger partial charge in [-0.25, -0.2) is 0 Å². The lowest BCUT2D eigenvalue weighted by Gasteiger charge is -2.20. The van der Waals surface area contributed by atoms with Gasteiger partial charge >= 0.3 is 0 Å². The molecule has 0 saturated heterocycles. The maximum absolute atomic E-state index is 11.8. The van der Waals surface area contributed by atoms with E-state index in [1.807, 2.05) is 45.0 Å². The minimum Gasteiger partial charge on any atom is -0.545 e. The van der Waals surface area contributed by atoms with Crippen LogP contribution in [0.3, 0.4) is 0 Å². The van der Waals surface area contributed by atoms with E-state index in [9.17, 15) is 14.7 Å². The zero-order chi connectivity index (χ0) is 19.9. The Balaban J connectivity index is 1.75. The van der Waals surface area contributed by atoms with E-state index < -0.39 is 5.97 Å². The summed E-state index contributed by atoms with van der Waals surface area (Å²) in [5.41, 5.74) is 2.09. The van der Waals surface area contributed by atoms with E-state index >= 15 is 0 Å². The molecule has 0 aliphatic rings. The molecule has 0 bridgehead atoms. The van der Waals surface area contributed by atoms with E-state index in [0.717, 1.165) is 24.2 Å². The molecule has 0 aliphatic carbocycles. The molecule has 0 heterocycles. The molecule has 6 nitrogen and oxygen atoms in total. The van der Waals surface area contributed by atoms with Gasteiger partial charge in [0.15, 0.2) is 6.61 Å². The van der Waals surface area contributed by atoms with Crippen molar-refractivity contribution in [2.24, 2.45) is 0 Å². The molecule has 27 heavy (non-hydrogen) atoms. The minimum absolute atomic E-state index is 0.00933. The molecule has 0 spiro atoms. The van der Waals surface area contributed by atoms with Crippen molar-refractivity contribution in [1.82, 2.24) is 5.32 Å². The molecule has 0 radical (unpaired) electrons. The van der Waals surface area contributed by atoms with Crippen molar-refractivity contribution < 1.29 is 24.7 Å². The van der Waals surface area contributed by atoms with Crippen LogP contribution in [-0.2, 0) is 17.9 Å². The number of carboxylic acids is 1. The van der Waals surface area contributed by atoms with Crippen LogP contribution in [0.15, 0.2) is 48.5 Å². The number of hydrogen-bond acceptors (Lipinski definition) is 4. The number of nitrogens with two attached hydrogens (primary N) is 1. The highest BCUT2D eigenvalue weighted by Crippen LogP contribution is 2.11. The Hall–Kier alpha value is -2.86. The second kappa shape index (κ2) is 9.19. The van der Waals surface area contributed by atoms with Gasteiger partial charge in [0.05, 0.1) is 5.97 Å². The van der Waals surface area contributed by atoms with E-state index in [1.54, 1.807) is 24.3 Å². The monoisotopic (exact) mass is 370 g/mol. The average molecular weight is 370 g/mol. The number of nitrogens with one attached hydrogen (secondary N) is 1. The van der Waals surface area contributed by atoms with Gasteiger partial charge in [-0.3, -0.25) is 4.79 Å². The zero-order valence-electron chi connectivity index (χ0n) is 16.0. The van der Waals surface area contributed by atoms with Crippen LogP contribution in [-0.4, -0.2) is 24.0 Å². The van der Waals surface area contributed by atoms with E-state index in [2.05, 4.69) is 10.6 Å². The zero-order valence-corrected chi connectivity index (χ0v) is 16.0. The van der Waals surface area contributed by atoms with Gasteiger partial charge in [0.2, 0.25) is 0 Å². The van der Waals surface area contributed by atoms with Crippen LogP contribution < -0.4 is 20.5 Å². The Morgan fingerprint density at radius 2 is 1.48 bits per heavy atom. The summed E-state index contributed by atoms with van der Waals surface area (Å²) in [6.07, 6.45) is 0. The maximum atomic E-state index is 11.8. The fourth-order valence-corrected chi connectivity index (χ4v) is 2.51. The van der Waals surface area contributed by atoms with Gasteiger partial charge < -0.3 is 25.3 Å². The standard InChI is InChI=1S/C21H26N2O4/c1-21(2,3)23-19(24)14-27-18-10-6-16(7-11-18)13-22-12-15-4-8-17(9-5-15)20(25)26/h4-11,22H,12-14H2,1-3H3,(H,23,24)(H,25,26). The summed E-state index contributed by atoms with van der Waals surface area (Å²) in [7, 11) is 0. The van der Waals surface area contributed by atoms with E-state index in [1.165, 1.54) is 0 Å². The minimum atomic E-state index is -1.16. The van der Waals surface area contributed by atoms with Crippen molar-refractivity contribution in [1.29, 1.82) is 0 Å². The Morgan fingerprint density at radius 3 is 1.96 bits per heavy atom. The first-order chi connectivity index (χ1) is 12.7. The van der Waals surface area contributed by atoms with Crippen LogP contribution in [0, 0.1) is 0 Å². The summed E-state index contributed by atoms with van der Waals surface area (Å²) in [5.74, 6) is -0.658. The third-order valence-corrected chi connectivity index (χ3v) is 3.76. The lowest BCUT2D eigenvalue weighted by Crippen LogP contribution is -2.80. The summed E-state index contributed by atoms with van der Waals surface area (Å²) < 4.78 is 5.50. The van der Waals surface area contributed by atoms with Crippen molar-refractivity contribution in [2.75, 3.05) is 6.61 Å². The average Bonchev–Trinajstić information content (AvgIpc) is 2.60. The Labute approximate surface area is 159 Å². The summed E-state index contributed by atoms with van der Waals surface area (Å²) in [4.78, 5) is 22.5. The number of carbonyl (C=O) groups is 2. The van der Waals surface area contributed by atoms with Gasteiger partial charge in [0.25, 0.3) is 5.91 Å². The molecule has 0 aliphatic heterocycles. The van der Waals surface area contributed by atoms with Crippen LogP contribution in [0.4, 0.5) is 0 Å². The highest BCUT2D eigenvalue weighted by molar-refractivity contribution is 5.85. The first-order valence-electron chi connectivity index (χ1n) is 8.88. The molecule has 2 aromatic carbocycles. The van der Waals surface area contributed by atoms with E-state index in [0.29, 0.717) is 5.75 Å². The summed E-state index contributed by atoms with van der Waals surface area (Å²) >= 11 is 0. The quantitative estimate of drug-likeness (QED) is 0.712. The van der Waals surface area contributed by atoms with Crippen LogP contribution in [0.2, 0.25) is 0 Å². The molecule has 2 aromatic rings. The van der Waals surface area contributed by atoms with Gasteiger partial charge in [-0.05, 0) is 50.6 Å². The van der Waals surface area contributed by atoms with E-state index in [-0.39, 0.29) is 23.6 Å². The first-order valence-corrected chi connectivity index (χ1v) is 8.88. The predicted octanol–water partition coefficient (Wildman–Crippen LogP) is 0.607. The lowest BCUT2D eigenvalue weighted by molar-refractivity contribution is -0.686. The second-order valence-electron chi connectivity index (χ2n) is 7.41. The van der Waals surface area contributed by atoms with Gasteiger partial charge in [-0.2, -0.15) is 0 Å². The van der Waals surface area contributed by atoms with Crippen molar-refractivity contribution in [2.45, 2.75) is 39.4 Å². The molecule has 0 unspecified atom stereocenters. The number of carboxylic acid groups (broad SMARTS) is 1. The number of amides is 1. The lowest BCUT2D eigenvalue weighted by atomic mass is 10.1. The van der Waals surface area contributed by atoms with Gasteiger partial charge in [-0.1, -0.05) is 24.3 Å². The molecule has 0 aromatic heterocycles. The molecule has 0 atom stereocenters. The molecule has 0 saturated carbocycles. The van der Waals surface area contributed by atoms with Crippen molar-refractivity contribution in [3.05, 3.63) is 65.2 Å². The number of carbonyl (C=O) groups excluding carboxylic acids is 2. The normalized spacial score (nSPS) is 11.1. The van der Waals surface area contributed by atoms with Crippen LogP contribution in [0.1, 0.15) is 42.3 Å². The summed E-state index contributed by atoms with van der Waals surface area (Å²) in [6, 6.07) is 14.3. The number of quaternary nitrogens is 1. The fourth-order valence-electron chi connectivity index (χ4n) is 2.51. The van der Waals surface area contributed by atoms with Crippen LogP contribution in [0.25, 0.3) is 0 Å². The third kappa shape index (κ3) is 7.50. The summed E-state index contributed by atoms with van der Waals surface area (Å²) in [5, 5.41) is 15.7. The Bertz CT molecular complexity index is 762. The van der Waals surface area contributed by atoms with Crippen LogP contribution >= 0.6 is 0 Å². The molecule has 1 amide bonds. The number of rotatable bonds is 8. The predicted molar refractivity (Wildman–Crippen MR) is 99.9 cm³/mol. The molecular weight excluding hydrogens is 344 g/mol. The smallest absolute Gasteiger partial charge is 0.258 e. The maximum Gasteiger partial charge on any atom is 0.258 e. The van der Waals surface area contributed by atoms with Gasteiger partial charge in [0, 0.05) is 16.7 Å². The molecule has 0 fully saturated rings. The molecule has 144 valence electrons. The first kappa shape index (κ1) is 20.5. The van der Waals surface area contributed by atoms with Crippen LogP contribution in [0.5, 0.6) is 5.75 Å². The second-order valence-corrected chi connectivity index (χ2v) is 7.41. The topological polar surface area (TPSA) is 95.1 Å². The largest absolute Gasteiger partial charge is 0.545 e. The molecule has 3 N–H and O–H groups in total. The Morgan fingerprint density at radius 1 is 0.963 bits per heavy atom. The van der Waals surface area contributed by atoms with Gasteiger partial charge in [0.1, 0.15) is 18.8 Å². The Kier molecular flexibility index (Phi) is 6.96. The third-order valence-electron chi connectivity index (χ3n) is 3.76. The van der Waals surface area contributed by atoms with Gasteiger partial charge in [-0.15, -0.1) is 0 Å². The highest BCUT2D eigenvalue weighted by atomic mass is 16.5. The highest BCUT2D eigenvalue weighted by Gasteiger charge is 2.13. The SMILES string of the molecule is CC(C)(C)NC(=O)COc1ccc(C[NH2+]Cc2ccc(C(=O)[O-])cc2)cc1. The van der Waals surface area contributed by atoms with Crippen molar-refractivity contribution in [3.8, 4) is 5.75 Å². The number of hydrogen-bond donors (Lipinski definition) is 2. The number of aromatic carboxylic acids is 1. The number of ether oxygens (including phenoxy) is 1.